The molecule has 0 saturated carbocycles. The van der Waals surface area contributed by atoms with Crippen LogP contribution in [0.3, 0.4) is 0 Å². The molecule has 0 radical (unpaired) electrons. The Bertz CT molecular complexity index is 810. The van der Waals surface area contributed by atoms with Gasteiger partial charge in [0.25, 0.3) is 0 Å². The molecule has 1 aliphatic rings. The highest BCUT2D eigenvalue weighted by Crippen LogP contribution is 2.32. The molecular formula is C19H19FN2O4. The third-order valence-electron chi connectivity index (χ3n) is 3.85. The van der Waals surface area contributed by atoms with Gasteiger partial charge >= 0.3 is 0 Å². The lowest BCUT2D eigenvalue weighted by Gasteiger charge is -2.19. The van der Waals surface area contributed by atoms with Gasteiger partial charge in [-0.05, 0) is 30.2 Å². The van der Waals surface area contributed by atoms with Crippen molar-refractivity contribution in [3.8, 4) is 11.5 Å². The molecule has 0 unspecified atom stereocenters. The SMILES string of the molecule is O=C(CCc1ccccc1F)NCC(=O)Nc1ccc2c(c1)OCCO2. The van der Waals surface area contributed by atoms with Crippen LogP contribution in [0.4, 0.5) is 10.1 Å². The van der Waals surface area contributed by atoms with E-state index in [1.165, 1.54) is 6.07 Å². The highest BCUT2D eigenvalue weighted by atomic mass is 19.1. The first kappa shape index (κ1) is 17.7. The van der Waals surface area contributed by atoms with Crippen LogP contribution < -0.4 is 20.1 Å². The van der Waals surface area contributed by atoms with Crippen molar-refractivity contribution >= 4 is 17.5 Å². The number of amides is 2. The van der Waals surface area contributed by atoms with E-state index >= 15 is 0 Å². The van der Waals surface area contributed by atoms with Crippen LogP contribution in [0.2, 0.25) is 0 Å². The zero-order valence-corrected chi connectivity index (χ0v) is 14.1. The third kappa shape index (κ3) is 4.72. The predicted octanol–water partition coefficient (Wildman–Crippen LogP) is 2.28. The summed E-state index contributed by atoms with van der Waals surface area (Å²) >= 11 is 0. The zero-order chi connectivity index (χ0) is 18.4. The van der Waals surface area contributed by atoms with Gasteiger partial charge in [-0.1, -0.05) is 18.2 Å². The molecular weight excluding hydrogens is 339 g/mol. The summed E-state index contributed by atoms with van der Waals surface area (Å²) < 4.78 is 24.4. The molecule has 0 aliphatic carbocycles. The fourth-order valence-electron chi connectivity index (χ4n) is 2.54. The van der Waals surface area contributed by atoms with E-state index in [0.717, 1.165) is 0 Å². The lowest BCUT2D eigenvalue weighted by atomic mass is 10.1. The summed E-state index contributed by atoms with van der Waals surface area (Å²) in [6.07, 6.45) is 0.389. The van der Waals surface area contributed by atoms with Crippen LogP contribution in [0.5, 0.6) is 11.5 Å². The molecule has 1 aliphatic heterocycles. The quantitative estimate of drug-likeness (QED) is 0.831. The molecule has 2 aromatic carbocycles. The van der Waals surface area contributed by atoms with E-state index < -0.39 is 0 Å². The van der Waals surface area contributed by atoms with Gasteiger partial charge in [-0.3, -0.25) is 9.59 Å². The maximum absolute atomic E-state index is 13.5. The van der Waals surface area contributed by atoms with Crippen molar-refractivity contribution in [1.29, 1.82) is 0 Å². The topological polar surface area (TPSA) is 76.7 Å². The van der Waals surface area contributed by atoms with E-state index in [4.69, 9.17) is 9.47 Å². The summed E-state index contributed by atoms with van der Waals surface area (Å²) in [4.78, 5) is 23.8. The first-order valence-electron chi connectivity index (χ1n) is 8.31. The van der Waals surface area contributed by atoms with E-state index in [9.17, 15) is 14.0 Å². The second-order valence-electron chi connectivity index (χ2n) is 5.77. The number of aryl methyl sites for hydroxylation is 1. The number of rotatable bonds is 6. The molecule has 0 fully saturated rings. The van der Waals surface area contributed by atoms with Crippen LogP contribution >= 0.6 is 0 Å². The molecule has 2 aromatic rings. The van der Waals surface area contributed by atoms with Crippen molar-refractivity contribution in [1.82, 2.24) is 5.32 Å². The van der Waals surface area contributed by atoms with Crippen LogP contribution in [0.25, 0.3) is 0 Å². The van der Waals surface area contributed by atoms with Gasteiger partial charge in [-0.2, -0.15) is 0 Å². The van der Waals surface area contributed by atoms with Crippen molar-refractivity contribution < 1.29 is 23.5 Å². The van der Waals surface area contributed by atoms with Gasteiger partial charge < -0.3 is 20.1 Å². The normalized spacial score (nSPS) is 12.3. The molecule has 0 bridgehead atoms. The molecule has 2 amide bonds. The number of hydrogen-bond donors (Lipinski definition) is 2. The smallest absolute Gasteiger partial charge is 0.243 e. The molecule has 136 valence electrons. The number of carbonyl (C=O) groups is 2. The molecule has 26 heavy (non-hydrogen) atoms. The van der Waals surface area contributed by atoms with Gasteiger partial charge in [0.2, 0.25) is 11.8 Å². The number of nitrogens with one attached hydrogen (secondary N) is 2. The standard InChI is InChI=1S/C19H19FN2O4/c20-15-4-2-1-3-13(15)5-8-18(23)21-12-19(24)22-14-6-7-16-17(11-14)26-10-9-25-16/h1-4,6-7,11H,5,8-10,12H2,(H,21,23)(H,22,24). The van der Waals surface area contributed by atoms with Crippen molar-refractivity contribution in [2.45, 2.75) is 12.8 Å². The average molecular weight is 358 g/mol. The molecule has 2 N–H and O–H groups in total. The van der Waals surface area contributed by atoms with Crippen molar-refractivity contribution in [3.05, 3.63) is 53.8 Å². The van der Waals surface area contributed by atoms with E-state index in [1.807, 2.05) is 0 Å². The van der Waals surface area contributed by atoms with Crippen LogP contribution in [0.1, 0.15) is 12.0 Å². The number of carbonyl (C=O) groups excluding carboxylic acids is 2. The Kier molecular flexibility index (Phi) is 5.68. The van der Waals surface area contributed by atoms with Crippen LogP contribution in [0, 0.1) is 5.82 Å². The molecule has 0 spiro atoms. The Morgan fingerprint density at radius 1 is 1.00 bits per heavy atom. The van der Waals surface area contributed by atoms with Crippen LogP contribution in [0.15, 0.2) is 42.5 Å². The minimum atomic E-state index is -0.360. The first-order chi connectivity index (χ1) is 12.6. The Balaban J connectivity index is 1.43. The van der Waals surface area contributed by atoms with E-state index in [-0.39, 0.29) is 37.0 Å². The number of halogens is 1. The maximum Gasteiger partial charge on any atom is 0.243 e. The van der Waals surface area contributed by atoms with E-state index in [1.54, 1.807) is 36.4 Å². The van der Waals surface area contributed by atoms with Crippen molar-refractivity contribution in [3.63, 3.8) is 0 Å². The number of ether oxygens (including phenoxy) is 2. The molecule has 0 saturated heterocycles. The maximum atomic E-state index is 13.5. The lowest BCUT2D eigenvalue weighted by Crippen LogP contribution is -2.33. The summed E-state index contributed by atoms with van der Waals surface area (Å²) in [5, 5.41) is 5.21. The monoisotopic (exact) mass is 358 g/mol. The highest BCUT2D eigenvalue weighted by Gasteiger charge is 2.13. The molecule has 3 rings (SSSR count). The zero-order valence-electron chi connectivity index (χ0n) is 14.1. The summed E-state index contributed by atoms with van der Waals surface area (Å²) in [5.41, 5.74) is 1.03. The predicted molar refractivity (Wildman–Crippen MR) is 93.8 cm³/mol. The number of benzene rings is 2. The van der Waals surface area contributed by atoms with Gasteiger partial charge in [0.05, 0.1) is 6.54 Å². The number of hydrogen-bond acceptors (Lipinski definition) is 4. The Morgan fingerprint density at radius 2 is 1.77 bits per heavy atom. The Labute approximate surface area is 150 Å². The fourth-order valence-corrected chi connectivity index (χ4v) is 2.54. The molecule has 6 nitrogen and oxygen atoms in total. The van der Waals surface area contributed by atoms with E-state index in [2.05, 4.69) is 10.6 Å². The number of fused-ring (bicyclic) bond motifs is 1. The lowest BCUT2D eigenvalue weighted by molar-refractivity contribution is -0.124. The van der Waals surface area contributed by atoms with Gasteiger partial charge in [0.15, 0.2) is 11.5 Å². The highest BCUT2D eigenvalue weighted by molar-refractivity contribution is 5.94. The van der Waals surface area contributed by atoms with Gasteiger partial charge in [-0.25, -0.2) is 4.39 Å². The summed E-state index contributed by atoms with van der Waals surface area (Å²) in [7, 11) is 0. The molecule has 0 aromatic heterocycles. The van der Waals surface area contributed by atoms with Crippen molar-refractivity contribution in [2.75, 3.05) is 25.1 Å². The summed E-state index contributed by atoms with van der Waals surface area (Å²) in [6, 6.07) is 11.4. The van der Waals surface area contributed by atoms with Gasteiger partial charge in [0, 0.05) is 18.2 Å². The first-order valence-corrected chi connectivity index (χ1v) is 8.31. The van der Waals surface area contributed by atoms with Gasteiger partial charge in [-0.15, -0.1) is 0 Å². The average Bonchev–Trinajstić information content (AvgIpc) is 2.65. The van der Waals surface area contributed by atoms with E-state index in [0.29, 0.717) is 36.0 Å². The second-order valence-corrected chi connectivity index (χ2v) is 5.77. The molecule has 7 heteroatoms. The van der Waals surface area contributed by atoms with Crippen LogP contribution in [-0.4, -0.2) is 31.6 Å². The Hall–Kier alpha value is -3.09. The molecule has 1 heterocycles. The van der Waals surface area contributed by atoms with Crippen molar-refractivity contribution in [2.24, 2.45) is 0 Å². The fraction of sp³-hybridized carbons (Fsp3) is 0.263. The summed E-state index contributed by atoms with van der Waals surface area (Å²) in [6.45, 7) is 0.796. The third-order valence-corrected chi connectivity index (χ3v) is 3.85. The summed E-state index contributed by atoms with van der Waals surface area (Å²) in [5.74, 6) is 0.196. The Morgan fingerprint density at radius 3 is 2.58 bits per heavy atom. The number of anilines is 1. The largest absolute Gasteiger partial charge is 0.486 e. The van der Waals surface area contributed by atoms with Gasteiger partial charge in [0.1, 0.15) is 19.0 Å². The minimum Gasteiger partial charge on any atom is -0.486 e. The molecule has 0 atom stereocenters. The second kappa shape index (κ2) is 8.33. The minimum absolute atomic E-state index is 0.109. The van der Waals surface area contributed by atoms with Crippen LogP contribution in [-0.2, 0) is 16.0 Å².